The number of nitrogen functional groups attached to an aromatic ring is 1. The Hall–Kier alpha value is -4.82. The molecule has 0 spiro atoms. The number of aliphatic hydroxyl groups excluding tert-OH is 2. The van der Waals surface area contributed by atoms with Crippen molar-refractivity contribution >= 4 is 34.8 Å². The molecule has 0 radical (unpaired) electrons. The summed E-state index contributed by atoms with van der Waals surface area (Å²) in [5.74, 6) is -11.3. The van der Waals surface area contributed by atoms with Crippen LogP contribution in [0.2, 0.25) is 0 Å². The van der Waals surface area contributed by atoms with Gasteiger partial charge in [0.15, 0.2) is 11.4 Å². The Bertz CT molecular complexity index is 1630. The SMILES string of the molecule is NC(=O)C1=C(O)[C@@]2(O)C(=O)C3=C(O)c4c(O)ccc(N)c4C[C@@]3(CNC(=O)c3cc(F)cc(F)c3)C[C@H]2[C@H](N)C1=O. The van der Waals surface area contributed by atoms with Gasteiger partial charge in [0.25, 0.3) is 11.8 Å². The number of nitrogens with one attached hydrogen (secondary N) is 1. The average Bonchev–Trinajstić information content (AvgIpc) is 2.89. The first kappa shape index (κ1) is 27.7. The number of benzene rings is 2. The fourth-order valence-electron chi connectivity index (χ4n) is 6.18. The molecule has 3 aliphatic carbocycles. The topological polar surface area (TPSA) is 239 Å². The van der Waals surface area contributed by atoms with Crippen LogP contribution in [0.25, 0.3) is 5.76 Å². The van der Waals surface area contributed by atoms with E-state index in [2.05, 4.69) is 5.32 Å². The number of ketones is 2. The molecule has 2 amide bonds. The molecule has 12 nitrogen and oxygen atoms in total. The van der Waals surface area contributed by atoms with E-state index in [0.29, 0.717) is 6.07 Å². The second-order valence-corrected chi connectivity index (χ2v) is 10.4. The van der Waals surface area contributed by atoms with Gasteiger partial charge in [0.2, 0.25) is 5.78 Å². The highest BCUT2D eigenvalue weighted by atomic mass is 19.1. The fraction of sp³-hybridized carbons (Fsp3) is 0.259. The van der Waals surface area contributed by atoms with Crippen molar-refractivity contribution in [2.45, 2.75) is 24.5 Å². The molecule has 1 saturated carbocycles. The smallest absolute Gasteiger partial charge is 0.255 e. The van der Waals surface area contributed by atoms with Crippen LogP contribution >= 0.6 is 0 Å². The van der Waals surface area contributed by atoms with E-state index in [1.807, 2.05) is 0 Å². The number of amides is 2. The molecule has 41 heavy (non-hydrogen) atoms. The van der Waals surface area contributed by atoms with Crippen molar-refractivity contribution in [2.24, 2.45) is 22.8 Å². The van der Waals surface area contributed by atoms with Gasteiger partial charge in [-0.25, -0.2) is 8.78 Å². The lowest BCUT2D eigenvalue weighted by Crippen LogP contribution is -2.68. The van der Waals surface area contributed by atoms with Crippen LogP contribution in [0.4, 0.5) is 14.5 Å². The highest BCUT2D eigenvalue weighted by Gasteiger charge is 2.66. The molecule has 0 unspecified atom stereocenters. The van der Waals surface area contributed by atoms with E-state index in [0.717, 1.165) is 18.2 Å². The summed E-state index contributed by atoms with van der Waals surface area (Å²) in [4.78, 5) is 51.8. The number of halogens is 2. The van der Waals surface area contributed by atoms with Gasteiger partial charge in [-0.05, 0) is 42.7 Å². The number of phenols is 1. The Morgan fingerprint density at radius 1 is 1.07 bits per heavy atom. The molecule has 1 fully saturated rings. The number of anilines is 1. The van der Waals surface area contributed by atoms with E-state index in [1.54, 1.807) is 0 Å². The quantitative estimate of drug-likeness (QED) is 0.139. The molecular weight excluding hydrogens is 546 g/mol. The van der Waals surface area contributed by atoms with Crippen LogP contribution in [0, 0.1) is 23.0 Å². The molecule has 11 N–H and O–H groups in total. The molecule has 0 aromatic heterocycles. The fourth-order valence-corrected chi connectivity index (χ4v) is 6.18. The number of fused-ring (bicyclic) bond motifs is 3. The molecule has 0 saturated heterocycles. The van der Waals surface area contributed by atoms with Crippen LogP contribution < -0.4 is 22.5 Å². The largest absolute Gasteiger partial charge is 0.508 e. The van der Waals surface area contributed by atoms with Gasteiger partial charge < -0.3 is 42.9 Å². The maximum Gasteiger partial charge on any atom is 0.255 e. The van der Waals surface area contributed by atoms with Crippen molar-refractivity contribution in [1.82, 2.24) is 5.32 Å². The molecule has 0 bridgehead atoms. The standard InChI is InChI=1S/C27H24F2N4O8/c28-10-3-9(4-11(29)5-10)25(40)33-8-26-6-12-14(30)1-2-15(34)16(12)20(35)18(26)23(38)27(41)13(7-26)19(31)21(36)17(22(27)37)24(32)39/h1-5,13,19,34-35,37,41H,6-8,30-31H2,(H2,32,39)(H,33,40)/t13-,19-,26-,27+/m0/s1. The number of hydrogen-bond donors (Lipinski definition) is 8. The predicted octanol–water partition coefficient (Wildman–Crippen LogP) is 0.0217. The van der Waals surface area contributed by atoms with Crippen LogP contribution in [0.3, 0.4) is 0 Å². The van der Waals surface area contributed by atoms with E-state index < -0.39 is 105 Å². The van der Waals surface area contributed by atoms with Crippen molar-refractivity contribution < 1.29 is 48.4 Å². The summed E-state index contributed by atoms with van der Waals surface area (Å²) < 4.78 is 27.5. The number of nitrogens with two attached hydrogens (primary N) is 3. The van der Waals surface area contributed by atoms with Crippen molar-refractivity contribution in [3.8, 4) is 5.75 Å². The average molecular weight is 571 g/mol. The number of carbonyl (C=O) groups excluding carboxylic acids is 4. The van der Waals surface area contributed by atoms with Crippen molar-refractivity contribution in [3.63, 3.8) is 0 Å². The Morgan fingerprint density at radius 3 is 2.32 bits per heavy atom. The molecule has 3 aliphatic rings. The summed E-state index contributed by atoms with van der Waals surface area (Å²) >= 11 is 0. The number of carbonyl (C=O) groups is 4. The zero-order chi connectivity index (χ0) is 30.2. The number of Topliss-reactive ketones (excluding diaryl/α,β-unsaturated/α-hetero) is 2. The number of hydrogen-bond acceptors (Lipinski definition) is 10. The van der Waals surface area contributed by atoms with Gasteiger partial charge in [-0.2, -0.15) is 0 Å². The van der Waals surface area contributed by atoms with Crippen molar-refractivity contribution in [1.29, 1.82) is 0 Å². The molecule has 0 heterocycles. The summed E-state index contributed by atoms with van der Waals surface area (Å²) in [6.07, 6.45) is -0.712. The van der Waals surface area contributed by atoms with E-state index in [-0.39, 0.29) is 23.2 Å². The second kappa shape index (κ2) is 9.11. The van der Waals surface area contributed by atoms with Crippen LogP contribution in [0.15, 0.2) is 47.2 Å². The maximum atomic E-state index is 14.1. The molecule has 214 valence electrons. The maximum absolute atomic E-state index is 14.1. The van der Waals surface area contributed by atoms with Gasteiger partial charge >= 0.3 is 0 Å². The van der Waals surface area contributed by atoms with Crippen molar-refractivity contribution in [3.05, 3.63) is 75.6 Å². The summed E-state index contributed by atoms with van der Waals surface area (Å²) in [5, 5.41) is 46.8. The number of aromatic hydroxyl groups is 1. The Morgan fingerprint density at radius 2 is 1.71 bits per heavy atom. The molecule has 2 aromatic rings. The number of primary amides is 1. The number of phenolic OH excluding ortho intramolecular Hbond substituents is 1. The summed E-state index contributed by atoms with van der Waals surface area (Å²) in [6, 6.07) is 2.85. The monoisotopic (exact) mass is 570 g/mol. The first-order valence-electron chi connectivity index (χ1n) is 12.2. The van der Waals surface area contributed by atoms with E-state index in [9.17, 15) is 48.4 Å². The Kier molecular flexibility index (Phi) is 6.16. The van der Waals surface area contributed by atoms with Crippen LogP contribution in [0.1, 0.15) is 27.9 Å². The van der Waals surface area contributed by atoms with E-state index >= 15 is 0 Å². The zero-order valence-electron chi connectivity index (χ0n) is 21.1. The minimum atomic E-state index is -2.99. The third-order valence-electron chi connectivity index (χ3n) is 8.11. The predicted molar refractivity (Wildman–Crippen MR) is 137 cm³/mol. The minimum absolute atomic E-state index is 0.0809. The summed E-state index contributed by atoms with van der Waals surface area (Å²) in [7, 11) is 0. The van der Waals surface area contributed by atoms with E-state index in [4.69, 9.17) is 17.2 Å². The van der Waals surface area contributed by atoms with Gasteiger partial charge in [-0.3, -0.25) is 19.2 Å². The third kappa shape index (κ3) is 3.86. The molecule has 2 aromatic carbocycles. The van der Waals surface area contributed by atoms with Gasteiger partial charge in [-0.1, -0.05) is 0 Å². The van der Waals surface area contributed by atoms with Crippen molar-refractivity contribution in [2.75, 3.05) is 12.3 Å². The van der Waals surface area contributed by atoms with Crippen LogP contribution in [0.5, 0.6) is 5.75 Å². The number of aliphatic hydroxyl groups is 3. The normalized spacial score (nSPS) is 27.2. The lowest BCUT2D eigenvalue weighted by molar-refractivity contribution is -0.152. The summed E-state index contributed by atoms with van der Waals surface area (Å²) in [5.41, 5.74) is 10.7. The highest BCUT2D eigenvalue weighted by Crippen LogP contribution is 2.57. The van der Waals surface area contributed by atoms with Crippen LogP contribution in [-0.2, 0) is 20.8 Å². The van der Waals surface area contributed by atoms with Crippen LogP contribution in [-0.4, -0.2) is 62.0 Å². The minimum Gasteiger partial charge on any atom is -0.508 e. The second-order valence-electron chi connectivity index (χ2n) is 10.4. The molecule has 14 heteroatoms. The molecular formula is C27H24F2N4O8. The lowest BCUT2D eigenvalue weighted by atomic mass is 9.51. The molecule has 0 aliphatic heterocycles. The van der Waals surface area contributed by atoms with Gasteiger partial charge in [-0.15, -0.1) is 0 Å². The van der Waals surface area contributed by atoms with Gasteiger partial charge in [0.05, 0.1) is 11.6 Å². The molecule has 4 atom stereocenters. The molecule has 5 rings (SSSR count). The Labute approximate surface area is 229 Å². The Balaban J connectivity index is 1.70. The van der Waals surface area contributed by atoms with E-state index in [1.165, 1.54) is 6.07 Å². The van der Waals surface area contributed by atoms with Gasteiger partial charge in [0.1, 0.15) is 34.5 Å². The third-order valence-corrected chi connectivity index (χ3v) is 8.11. The number of rotatable bonds is 4. The lowest BCUT2D eigenvalue weighted by Gasteiger charge is -2.53. The van der Waals surface area contributed by atoms with Gasteiger partial charge in [0, 0.05) is 40.8 Å². The summed E-state index contributed by atoms with van der Waals surface area (Å²) in [6.45, 7) is -0.524. The first-order chi connectivity index (χ1) is 19.1. The highest BCUT2D eigenvalue weighted by molar-refractivity contribution is 6.24. The zero-order valence-corrected chi connectivity index (χ0v) is 21.1. The first-order valence-corrected chi connectivity index (χ1v) is 12.2.